The molecule has 0 fully saturated rings. The SMILES string of the molecule is CC1(C)c2ccccc2-c2ccc(-c3cccc(C=Nc4cccc5cccc(O)c45)n3)c(O)c21.[Pt]. The third-order valence-electron chi connectivity index (χ3n) is 6.94. The molecule has 0 unspecified atom stereocenters. The third-order valence-corrected chi connectivity index (χ3v) is 6.94. The van der Waals surface area contributed by atoms with Gasteiger partial charge in [-0.25, -0.2) is 4.98 Å². The summed E-state index contributed by atoms with van der Waals surface area (Å²) in [5, 5.41) is 23.4. The Morgan fingerprint density at radius 3 is 2.31 bits per heavy atom. The molecule has 1 aliphatic carbocycles. The Labute approximate surface area is 224 Å². The smallest absolute Gasteiger partial charge is 0.129 e. The molecular weight excluding hydrogens is 627 g/mol. The molecule has 36 heavy (non-hydrogen) atoms. The number of nitrogens with zero attached hydrogens (tertiary/aromatic N) is 2. The summed E-state index contributed by atoms with van der Waals surface area (Å²) in [6.07, 6.45) is 1.69. The molecule has 4 aromatic carbocycles. The number of rotatable bonds is 3. The second kappa shape index (κ2) is 9.04. The summed E-state index contributed by atoms with van der Waals surface area (Å²) in [5.74, 6) is 0.466. The van der Waals surface area contributed by atoms with Gasteiger partial charge in [-0.1, -0.05) is 74.5 Å². The predicted octanol–water partition coefficient (Wildman–Crippen LogP) is 7.37. The number of aliphatic imine (C=N–C) groups is 1. The number of pyridine rings is 1. The molecule has 6 rings (SSSR count). The molecule has 0 aliphatic heterocycles. The van der Waals surface area contributed by atoms with Gasteiger partial charge >= 0.3 is 0 Å². The Morgan fingerprint density at radius 1 is 0.750 bits per heavy atom. The quantitative estimate of drug-likeness (QED) is 0.200. The van der Waals surface area contributed by atoms with Crippen molar-refractivity contribution in [3.8, 4) is 33.9 Å². The van der Waals surface area contributed by atoms with Crippen LogP contribution in [-0.2, 0) is 26.5 Å². The van der Waals surface area contributed by atoms with Gasteiger partial charge in [0.05, 0.1) is 23.3 Å². The second-order valence-electron chi connectivity index (χ2n) is 9.41. The van der Waals surface area contributed by atoms with E-state index in [2.05, 4.69) is 37.0 Å². The maximum absolute atomic E-state index is 11.4. The molecule has 5 aromatic rings. The predicted molar refractivity (Wildman–Crippen MR) is 142 cm³/mol. The summed E-state index contributed by atoms with van der Waals surface area (Å²) in [6.45, 7) is 4.30. The zero-order valence-electron chi connectivity index (χ0n) is 19.8. The maximum Gasteiger partial charge on any atom is 0.129 e. The zero-order valence-corrected chi connectivity index (χ0v) is 22.1. The van der Waals surface area contributed by atoms with Crippen molar-refractivity contribution in [3.05, 3.63) is 108 Å². The molecule has 5 heteroatoms. The summed E-state index contributed by atoms with van der Waals surface area (Å²) < 4.78 is 0. The van der Waals surface area contributed by atoms with Gasteiger partial charge in [0.1, 0.15) is 11.5 Å². The van der Waals surface area contributed by atoms with Crippen LogP contribution in [0, 0.1) is 0 Å². The molecule has 1 heterocycles. The molecule has 180 valence electrons. The third kappa shape index (κ3) is 3.73. The van der Waals surface area contributed by atoms with Crippen LogP contribution < -0.4 is 0 Å². The molecule has 0 saturated carbocycles. The Bertz CT molecular complexity index is 1650. The minimum absolute atomic E-state index is 0. The number of phenols is 2. The molecule has 4 nitrogen and oxygen atoms in total. The van der Waals surface area contributed by atoms with E-state index in [1.54, 1.807) is 12.3 Å². The van der Waals surface area contributed by atoms with Crippen LogP contribution >= 0.6 is 0 Å². The molecule has 1 aliphatic rings. The fourth-order valence-electron chi connectivity index (χ4n) is 5.27. The van der Waals surface area contributed by atoms with Gasteiger partial charge in [-0.05, 0) is 52.4 Å². The van der Waals surface area contributed by atoms with E-state index in [1.165, 1.54) is 11.1 Å². The topological polar surface area (TPSA) is 65.7 Å². The fourth-order valence-corrected chi connectivity index (χ4v) is 5.27. The molecule has 0 saturated heterocycles. The molecular formula is C31H24N2O2Pt. The monoisotopic (exact) mass is 651 g/mol. The molecule has 0 radical (unpaired) electrons. The summed E-state index contributed by atoms with van der Waals surface area (Å²) in [4.78, 5) is 9.39. The number of hydrogen-bond acceptors (Lipinski definition) is 4. The normalized spacial score (nSPS) is 13.4. The van der Waals surface area contributed by atoms with Crippen molar-refractivity contribution in [2.45, 2.75) is 19.3 Å². The van der Waals surface area contributed by atoms with E-state index < -0.39 is 0 Å². The van der Waals surface area contributed by atoms with Gasteiger partial charge in [-0.2, -0.15) is 0 Å². The Hall–Kier alpha value is -3.75. The minimum Gasteiger partial charge on any atom is -0.507 e. The van der Waals surface area contributed by atoms with E-state index in [4.69, 9.17) is 4.98 Å². The van der Waals surface area contributed by atoms with Crippen molar-refractivity contribution in [2.24, 2.45) is 4.99 Å². The van der Waals surface area contributed by atoms with E-state index in [0.29, 0.717) is 28.0 Å². The van der Waals surface area contributed by atoms with Crippen LogP contribution in [0.25, 0.3) is 33.2 Å². The minimum atomic E-state index is -0.304. The number of aromatic nitrogens is 1. The Morgan fingerprint density at radius 2 is 1.47 bits per heavy atom. The van der Waals surface area contributed by atoms with Gasteiger partial charge < -0.3 is 10.2 Å². The largest absolute Gasteiger partial charge is 0.507 e. The first kappa shape index (κ1) is 24.0. The van der Waals surface area contributed by atoms with E-state index in [-0.39, 0.29) is 38.0 Å². The summed E-state index contributed by atoms with van der Waals surface area (Å²) in [7, 11) is 0. The van der Waals surface area contributed by atoms with Gasteiger partial charge in [0.25, 0.3) is 0 Å². The van der Waals surface area contributed by atoms with Gasteiger partial charge in [0, 0.05) is 43.0 Å². The van der Waals surface area contributed by atoms with Crippen molar-refractivity contribution in [2.75, 3.05) is 0 Å². The number of hydrogen-bond donors (Lipinski definition) is 2. The molecule has 2 N–H and O–H groups in total. The molecule has 0 amide bonds. The first-order chi connectivity index (χ1) is 16.9. The van der Waals surface area contributed by atoms with Crippen LogP contribution in [-0.4, -0.2) is 21.4 Å². The average Bonchev–Trinajstić information content (AvgIpc) is 3.11. The fraction of sp³-hybridized carbons (Fsp3) is 0.0968. The van der Waals surface area contributed by atoms with Crippen LogP contribution in [0.15, 0.2) is 96.0 Å². The van der Waals surface area contributed by atoms with Gasteiger partial charge in [-0.15, -0.1) is 0 Å². The van der Waals surface area contributed by atoms with Crippen LogP contribution in [0.2, 0.25) is 0 Å². The van der Waals surface area contributed by atoms with Crippen LogP contribution in [0.1, 0.15) is 30.7 Å². The number of aromatic hydroxyl groups is 2. The van der Waals surface area contributed by atoms with E-state index in [1.807, 2.05) is 66.7 Å². The number of fused-ring (bicyclic) bond motifs is 4. The summed E-state index contributed by atoms with van der Waals surface area (Å²) in [5.41, 5.74) is 6.80. The van der Waals surface area contributed by atoms with Crippen LogP contribution in [0.3, 0.4) is 0 Å². The molecule has 0 spiro atoms. The van der Waals surface area contributed by atoms with Crippen LogP contribution in [0.5, 0.6) is 11.5 Å². The molecule has 0 atom stereocenters. The zero-order chi connectivity index (χ0) is 24.2. The van der Waals surface area contributed by atoms with Crippen molar-refractivity contribution in [1.29, 1.82) is 0 Å². The van der Waals surface area contributed by atoms with Crippen LogP contribution in [0.4, 0.5) is 5.69 Å². The molecule has 1 aromatic heterocycles. The maximum atomic E-state index is 11.4. The first-order valence-electron chi connectivity index (χ1n) is 11.6. The van der Waals surface area contributed by atoms with E-state index in [0.717, 1.165) is 16.5 Å². The summed E-state index contributed by atoms with van der Waals surface area (Å²) >= 11 is 0. The Balaban J connectivity index is 0.00000267. The van der Waals surface area contributed by atoms with Crippen molar-refractivity contribution in [1.82, 2.24) is 4.98 Å². The summed E-state index contributed by atoms with van der Waals surface area (Å²) in [6, 6.07) is 29.2. The second-order valence-corrected chi connectivity index (χ2v) is 9.41. The van der Waals surface area contributed by atoms with E-state index >= 15 is 0 Å². The Kier molecular flexibility index (Phi) is 6.02. The van der Waals surface area contributed by atoms with Gasteiger partial charge in [-0.3, -0.25) is 4.99 Å². The van der Waals surface area contributed by atoms with Crippen molar-refractivity contribution in [3.63, 3.8) is 0 Å². The van der Waals surface area contributed by atoms with Crippen molar-refractivity contribution < 1.29 is 31.3 Å². The van der Waals surface area contributed by atoms with Crippen molar-refractivity contribution >= 4 is 22.7 Å². The standard InChI is InChI=1S/C31H24N2O2.Pt/c1-31(2)24-12-4-3-11-21(24)22-16-17-23(30(35)29(22)31)25-13-7-10-20(33-25)18-32-26-14-5-8-19-9-6-15-27(34)28(19)26;/h3-18,34-35H,1-2H3;. The van der Waals surface area contributed by atoms with Gasteiger partial charge in [0.15, 0.2) is 0 Å². The van der Waals surface area contributed by atoms with E-state index in [9.17, 15) is 10.2 Å². The number of phenolic OH excluding ortho intramolecular Hbond substituents is 2. The average molecular weight is 652 g/mol. The number of benzene rings is 4. The molecule has 0 bridgehead atoms. The van der Waals surface area contributed by atoms with Gasteiger partial charge in [0.2, 0.25) is 0 Å². The first-order valence-corrected chi connectivity index (χ1v) is 11.6.